The number of hydrogen-bond acceptors (Lipinski definition) is 11. The average molecular weight is 1290 g/mol. The summed E-state index contributed by atoms with van der Waals surface area (Å²) in [6, 6.07) is 19.4. The van der Waals surface area contributed by atoms with Crippen molar-refractivity contribution >= 4 is 17.3 Å². The van der Waals surface area contributed by atoms with E-state index in [0.717, 1.165) is 94.6 Å². The highest BCUT2D eigenvalue weighted by atomic mass is 16.5. The normalized spacial score (nSPS) is 22.3. The van der Waals surface area contributed by atoms with Crippen LogP contribution in [0.1, 0.15) is 211 Å². The van der Waals surface area contributed by atoms with E-state index in [1.807, 2.05) is 81.4 Å². The van der Waals surface area contributed by atoms with Gasteiger partial charge in [0.25, 0.3) is 0 Å². The number of carbonyl (C=O) groups is 3. The zero-order valence-corrected chi connectivity index (χ0v) is 60.9. The Hall–Kier alpha value is -6.79. The summed E-state index contributed by atoms with van der Waals surface area (Å²) in [5.74, 6) is -0.606. The van der Waals surface area contributed by atoms with Gasteiger partial charge in [0.15, 0.2) is 23.1 Å². The lowest BCUT2D eigenvalue weighted by atomic mass is 9.77. The second kappa shape index (κ2) is 44.0. The van der Waals surface area contributed by atoms with Crippen molar-refractivity contribution in [3.8, 4) is 0 Å². The van der Waals surface area contributed by atoms with E-state index in [0.29, 0.717) is 12.8 Å². The van der Waals surface area contributed by atoms with Gasteiger partial charge in [-0.25, -0.2) is 0 Å². The Morgan fingerprint density at radius 1 is 0.383 bits per heavy atom. The van der Waals surface area contributed by atoms with Crippen LogP contribution in [0.25, 0.3) is 0 Å². The summed E-state index contributed by atoms with van der Waals surface area (Å²) in [6.07, 6.45) is 34.1. The molecule has 94 heavy (non-hydrogen) atoms. The fourth-order valence-electron chi connectivity index (χ4n) is 11.7. The summed E-state index contributed by atoms with van der Waals surface area (Å²) in [7, 11) is 4.42. The first-order valence-electron chi connectivity index (χ1n) is 34.4. The molecule has 0 heterocycles. The second-order valence-electron chi connectivity index (χ2n) is 27.0. The number of carbonyl (C=O) groups excluding carboxylic acids is 3. The van der Waals surface area contributed by atoms with Gasteiger partial charge in [0.05, 0.1) is 27.4 Å². The minimum Gasteiger partial charge on any atom is -0.494 e. The Labute approximate surface area is 568 Å². The third-order valence-electron chi connectivity index (χ3n) is 18.1. The number of methoxy groups -OCH3 is 3. The molecule has 0 radical (unpaired) electrons. The fourth-order valence-corrected chi connectivity index (χ4v) is 11.7. The van der Waals surface area contributed by atoms with E-state index < -0.39 is 18.3 Å². The molecule has 11 nitrogen and oxygen atoms in total. The molecule has 0 aromatic heterocycles. The van der Waals surface area contributed by atoms with Crippen molar-refractivity contribution < 1.29 is 53.4 Å². The minimum absolute atomic E-state index is 0.0104. The molecule has 2 aromatic carbocycles. The molecular formula is C83H120O11. The number of Topliss-reactive ketones (excluding diaryl/α,β-unsaturated/α-hetero) is 3. The standard InChI is InChI=1S/2C30H42O4.C23H36O3/c1-21(2)12-10-13-22(3)14-11-15-23(4)18-19-26-24(5)27(31)30(29(33-6)28(26)32)34-20-25-16-8-7-9-17-25;1-21(2)12-10-13-22(3)14-11-15-23(4)18-19-26-24(5)27(31)29(33-6)30(28(26)32)34-20-25-16-8-7-9-17-25;1-16(2)9-7-10-17(3)11-8-12-18(4)13-14-20-19(5)23(25)22(26-6)15-21(20)24/h2*7-9,12,14,16-18,24,26,28,32H,10-11,13,15,19-20H2,1-6H3;9,11,13,15,19-21,24H,7-8,10,12,14H2,1-6H3/b2*22-14+,23-18+;17-11+,18-13+. The van der Waals surface area contributed by atoms with Gasteiger partial charge in [0.2, 0.25) is 23.1 Å². The van der Waals surface area contributed by atoms with Gasteiger partial charge in [-0.05, 0) is 197 Å². The highest BCUT2D eigenvalue weighted by Crippen LogP contribution is 2.38. The third kappa shape index (κ3) is 29.1. The molecule has 0 saturated heterocycles. The first kappa shape index (κ1) is 81.4. The summed E-state index contributed by atoms with van der Waals surface area (Å²) in [4.78, 5) is 38.2. The molecule has 3 aliphatic carbocycles. The SMILES string of the molecule is COC1=C(OCc2ccccc2)C(=O)C(C)C(C/C=C(\C)CC/C=C(\C)CCC=C(C)C)C1O.COC1=C(OCc2ccccc2)C(O)C(C/C=C(\C)CC/C=C(\C)CCC=C(C)C)C(C)C1=O.COC1=CC(O)C(C/C=C(\C)CC/C=C(\C)CCC=C(C)C)C(C)C1=O. The molecule has 9 atom stereocenters. The van der Waals surface area contributed by atoms with Crippen molar-refractivity contribution in [2.24, 2.45) is 35.5 Å². The van der Waals surface area contributed by atoms with Gasteiger partial charge in [0, 0.05) is 35.5 Å². The molecule has 518 valence electrons. The van der Waals surface area contributed by atoms with E-state index in [2.05, 4.69) is 138 Å². The van der Waals surface area contributed by atoms with E-state index in [1.165, 1.54) is 71.5 Å². The predicted octanol–water partition coefficient (Wildman–Crippen LogP) is 19.7. The molecule has 0 aliphatic heterocycles. The zero-order chi connectivity index (χ0) is 69.9. The van der Waals surface area contributed by atoms with Crippen LogP contribution in [0.5, 0.6) is 0 Å². The summed E-state index contributed by atoms with van der Waals surface area (Å²) < 4.78 is 27.6. The number of allylic oxidation sites excluding steroid dienone is 21. The highest BCUT2D eigenvalue weighted by molar-refractivity contribution is 5.98. The van der Waals surface area contributed by atoms with Gasteiger partial charge in [0.1, 0.15) is 25.4 Å². The highest BCUT2D eigenvalue weighted by Gasteiger charge is 2.44. The lowest BCUT2D eigenvalue weighted by Gasteiger charge is -2.34. The average Bonchev–Trinajstić information content (AvgIpc) is 0.808. The van der Waals surface area contributed by atoms with E-state index >= 15 is 0 Å². The van der Waals surface area contributed by atoms with Gasteiger partial charge in [-0.15, -0.1) is 0 Å². The Bertz CT molecular complexity index is 3070. The van der Waals surface area contributed by atoms with Gasteiger partial charge in [-0.1, -0.05) is 186 Å². The molecule has 0 bridgehead atoms. The zero-order valence-electron chi connectivity index (χ0n) is 60.9. The molecule has 3 aliphatic rings. The van der Waals surface area contributed by atoms with Crippen LogP contribution >= 0.6 is 0 Å². The number of ketones is 3. The van der Waals surface area contributed by atoms with Crippen LogP contribution in [0, 0.1) is 35.5 Å². The van der Waals surface area contributed by atoms with Gasteiger partial charge < -0.3 is 39.0 Å². The van der Waals surface area contributed by atoms with Gasteiger partial charge in [-0.3, -0.25) is 14.4 Å². The summed E-state index contributed by atoms with van der Waals surface area (Å²) in [5, 5.41) is 32.4. The van der Waals surface area contributed by atoms with Crippen LogP contribution < -0.4 is 0 Å². The molecule has 2 aromatic rings. The molecular weight excluding hydrogens is 1170 g/mol. The van der Waals surface area contributed by atoms with Crippen molar-refractivity contribution in [2.75, 3.05) is 21.3 Å². The topological polar surface area (TPSA) is 158 Å². The van der Waals surface area contributed by atoms with Crippen molar-refractivity contribution in [1.29, 1.82) is 0 Å². The van der Waals surface area contributed by atoms with Crippen LogP contribution in [0.2, 0.25) is 0 Å². The molecule has 9 unspecified atom stereocenters. The maximum absolute atomic E-state index is 13.1. The molecule has 0 amide bonds. The Morgan fingerprint density at radius 2 is 0.713 bits per heavy atom. The van der Waals surface area contributed by atoms with Gasteiger partial charge >= 0.3 is 0 Å². The number of benzene rings is 2. The van der Waals surface area contributed by atoms with Crippen molar-refractivity contribution in [3.05, 3.63) is 212 Å². The van der Waals surface area contributed by atoms with Crippen LogP contribution in [-0.4, -0.2) is 72.3 Å². The summed E-state index contributed by atoms with van der Waals surface area (Å²) >= 11 is 0. The molecule has 11 heteroatoms. The minimum atomic E-state index is -0.882. The largest absolute Gasteiger partial charge is 0.494 e. The number of aliphatic hydroxyl groups is 3. The Balaban J connectivity index is 0.000000372. The molecule has 0 spiro atoms. The van der Waals surface area contributed by atoms with Crippen LogP contribution in [0.15, 0.2) is 200 Å². The second-order valence-corrected chi connectivity index (χ2v) is 27.0. The lowest BCUT2D eigenvalue weighted by Crippen LogP contribution is -2.40. The number of aliphatic hydroxyl groups excluding tert-OH is 3. The molecule has 0 saturated carbocycles. The molecule has 3 N–H and O–H groups in total. The van der Waals surface area contributed by atoms with Crippen molar-refractivity contribution in [1.82, 2.24) is 0 Å². The van der Waals surface area contributed by atoms with E-state index in [-0.39, 0.29) is 94.9 Å². The van der Waals surface area contributed by atoms with Crippen molar-refractivity contribution in [3.63, 3.8) is 0 Å². The summed E-state index contributed by atoms with van der Waals surface area (Å²) in [6.45, 7) is 31.9. The monoisotopic (exact) mass is 1290 g/mol. The number of ether oxygens (including phenoxy) is 5. The molecule has 5 rings (SSSR count). The first-order chi connectivity index (χ1) is 44.7. The lowest BCUT2D eigenvalue weighted by molar-refractivity contribution is -0.129. The van der Waals surface area contributed by atoms with E-state index in [1.54, 1.807) is 6.08 Å². The Morgan fingerprint density at radius 3 is 1.07 bits per heavy atom. The summed E-state index contributed by atoms with van der Waals surface area (Å²) in [5.41, 5.74) is 14.2. The fraction of sp³-hybridized carbons (Fsp3) is 0.530. The first-order valence-corrected chi connectivity index (χ1v) is 34.4. The maximum atomic E-state index is 13.1. The smallest absolute Gasteiger partial charge is 0.204 e. The maximum Gasteiger partial charge on any atom is 0.204 e. The van der Waals surface area contributed by atoms with Crippen LogP contribution in [0.4, 0.5) is 0 Å². The Kier molecular flexibility index (Phi) is 38.2. The van der Waals surface area contributed by atoms with Gasteiger partial charge in [-0.2, -0.15) is 0 Å². The van der Waals surface area contributed by atoms with Crippen LogP contribution in [0.3, 0.4) is 0 Å². The number of rotatable bonds is 33. The van der Waals surface area contributed by atoms with Crippen molar-refractivity contribution in [2.45, 2.75) is 232 Å². The van der Waals surface area contributed by atoms with E-state index in [9.17, 15) is 29.7 Å². The molecule has 0 fully saturated rings. The number of hydrogen-bond donors (Lipinski definition) is 3. The quantitative estimate of drug-likeness (QED) is 0.0584. The predicted molar refractivity (Wildman–Crippen MR) is 387 cm³/mol. The van der Waals surface area contributed by atoms with Crippen LogP contribution in [-0.2, 0) is 51.3 Å². The van der Waals surface area contributed by atoms with E-state index in [4.69, 9.17) is 23.7 Å². The third-order valence-corrected chi connectivity index (χ3v) is 18.1.